The number of ether oxygens (including phenoxy) is 1. The second kappa shape index (κ2) is 9.03. The molecule has 0 radical (unpaired) electrons. The van der Waals surface area contributed by atoms with E-state index in [0.29, 0.717) is 39.1 Å². The number of benzene rings is 2. The normalized spacial score (nSPS) is 11.3. The van der Waals surface area contributed by atoms with E-state index in [1.165, 1.54) is 24.1 Å². The van der Waals surface area contributed by atoms with Gasteiger partial charge in [0.05, 0.1) is 46.0 Å². The molecule has 0 amide bonds. The van der Waals surface area contributed by atoms with Crippen LogP contribution in [0, 0.1) is 20.8 Å². The molecule has 0 aliphatic rings. The first kappa shape index (κ1) is 23.1. The summed E-state index contributed by atoms with van der Waals surface area (Å²) in [7, 11) is 1.50. The van der Waals surface area contributed by atoms with Gasteiger partial charge >= 0.3 is 5.97 Å². The number of hydrogen-bond acceptors (Lipinski definition) is 5. The maximum Gasteiger partial charge on any atom is 0.337 e. The Balaban J connectivity index is 1.71. The number of nitrogens with zero attached hydrogens (tertiary/aromatic N) is 4. The third kappa shape index (κ3) is 4.25. The molecule has 2 heterocycles. The van der Waals surface area contributed by atoms with E-state index in [4.69, 9.17) is 16.3 Å². The standard InChI is InChI=1S/C24H22ClN5O4/c1-13-9-14(2)29(27-13)21-8-5-16(10-18(21)24(32)33)26-12-19-15(3)28-30(23(19)31)17-6-7-20(25)22(11-17)34-4/h5-12,28H,1-4H3,(H,32,33). The van der Waals surface area contributed by atoms with Gasteiger partial charge in [-0.2, -0.15) is 5.10 Å². The molecule has 174 valence electrons. The summed E-state index contributed by atoms with van der Waals surface area (Å²) in [6.45, 7) is 5.45. The van der Waals surface area contributed by atoms with E-state index in [-0.39, 0.29) is 11.1 Å². The fourth-order valence-corrected chi connectivity index (χ4v) is 3.85. The highest BCUT2D eigenvalue weighted by Gasteiger charge is 2.16. The first-order valence-corrected chi connectivity index (χ1v) is 10.7. The van der Waals surface area contributed by atoms with Crippen molar-refractivity contribution in [2.45, 2.75) is 20.8 Å². The number of nitrogens with one attached hydrogen (secondary N) is 1. The number of aromatic carboxylic acids is 1. The number of carboxylic acids is 1. The average Bonchev–Trinajstić information content (AvgIpc) is 3.29. The molecule has 2 aromatic carbocycles. The first-order valence-electron chi connectivity index (χ1n) is 10.3. The van der Waals surface area contributed by atoms with Crippen molar-refractivity contribution in [2.24, 2.45) is 4.99 Å². The number of carbonyl (C=O) groups is 1. The number of aromatic nitrogens is 4. The average molecular weight is 480 g/mol. The Bertz CT molecular complexity index is 1500. The van der Waals surface area contributed by atoms with Gasteiger partial charge in [0.2, 0.25) is 0 Å². The predicted molar refractivity (Wildman–Crippen MR) is 130 cm³/mol. The van der Waals surface area contributed by atoms with Crippen molar-refractivity contribution in [3.8, 4) is 17.1 Å². The predicted octanol–water partition coefficient (Wildman–Crippen LogP) is 4.39. The molecule has 4 rings (SSSR count). The number of aliphatic imine (C=N–C) groups is 1. The molecule has 2 N–H and O–H groups in total. The van der Waals surface area contributed by atoms with Crippen molar-refractivity contribution in [1.82, 2.24) is 19.6 Å². The minimum Gasteiger partial charge on any atom is -0.495 e. The SMILES string of the molecule is COc1cc(-n2[nH]c(C)c(C=Nc3ccc(-n4nc(C)cc4C)c(C(=O)O)c3)c2=O)ccc1Cl. The molecule has 0 saturated heterocycles. The second-order valence-electron chi connectivity index (χ2n) is 7.71. The molecule has 0 unspecified atom stereocenters. The highest BCUT2D eigenvalue weighted by Crippen LogP contribution is 2.26. The number of halogens is 1. The van der Waals surface area contributed by atoms with Gasteiger partial charge in [-0.15, -0.1) is 0 Å². The van der Waals surface area contributed by atoms with Crippen LogP contribution in [0.2, 0.25) is 5.02 Å². The number of H-pyrrole nitrogens is 1. The number of rotatable bonds is 6. The van der Waals surface area contributed by atoms with Gasteiger partial charge in [-0.25, -0.2) is 14.2 Å². The van der Waals surface area contributed by atoms with Gasteiger partial charge in [0.25, 0.3) is 5.56 Å². The van der Waals surface area contributed by atoms with Crippen LogP contribution in [-0.4, -0.2) is 44.0 Å². The topological polar surface area (TPSA) is 114 Å². The van der Waals surface area contributed by atoms with Gasteiger partial charge in [0.1, 0.15) is 5.75 Å². The van der Waals surface area contributed by atoms with Crippen molar-refractivity contribution in [1.29, 1.82) is 0 Å². The summed E-state index contributed by atoms with van der Waals surface area (Å²) in [5.41, 5.74) is 3.66. The van der Waals surface area contributed by atoms with E-state index in [1.807, 2.05) is 19.9 Å². The number of hydrogen-bond donors (Lipinski definition) is 2. The van der Waals surface area contributed by atoms with Gasteiger partial charge < -0.3 is 9.84 Å². The van der Waals surface area contributed by atoms with Crippen molar-refractivity contribution in [3.63, 3.8) is 0 Å². The summed E-state index contributed by atoms with van der Waals surface area (Å²) in [5.74, 6) is -0.658. The number of methoxy groups -OCH3 is 1. The van der Waals surface area contributed by atoms with Crippen molar-refractivity contribution in [2.75, 3.05) is 7.11 Å². The minimum atomic E-state index is -1.10. The smallest absolute Gasteiger partial charge is 0.337 e. The van der Waals surface area contributed by atoms with Crippen molar-refractivity contribution >= 4 is 29.5 Å². The van der Waals surface area contributed by atoms with Gasteiger partial charge in [-0.3, -0.25) is 14.9 Å². The lowest BCUT2D eigenvalue weighted by molar-refractivity contribution is 0.0696. The zero-order valence-corrected chi connectivity index (χ0v) is 19.7. The summed E-state index contributed by atoms with van der Waals surface area (Å²) < 4.78 is 8.18. The first-order chi connectivity index (χ1) is 16.2. The van der Waals surface area contributed by atoms with Crippen LogP contribution in [0.5, 0.6) is 5.75 Å². The maximum absolute atomic E-state index is 13.0. The third-order valence-electron chi connectivity index (χ3n) is 5.30. The lowest BCUT2D eigenvalue weighted by Gasteiger charge is -2.09. The van der Waals surface area contributed by atoms with Crippen molar-refractivity contribution < 1.29 is 14.6 Å². The zero-order chi connectivity index (χ0) is 24.6. The summed E-state index contributed by atoms with van der Waals surface area (Å²) in [5, 5.41) is 17.6. The van der Waals surface area contributed by atoms with E-state index in [9.17, 15) is 14.7 Å². The molecule has 2 aromatic heterocycles. The molecular formula is C24H22ClN5O4. The van der Waals surface area contributed by atoms with E-state index in [0.717, 1.165) is 11.4 Å². The van der Waals surface area contributed by atoms with E-state index in [1.54, 1.807) is 41.9 Å². The molecule has 0 saturated carbocycles. The fourth-order valence-electron chi connectivity index (χ4n) is 3.65. The summed E-state index contributed by atoms with van der Waals surface area (Å²) in [6, 6.07) is 11.6. The number of aryl methyl sites for hydroxylation is 3. The van der Waals surface area contributed by atoms with E-state index in [2.05, 4.69) is 15.2 Å². The third-order valence-corrected chi connectivity index (χ3v) is 5.61. The lowest BCUT2D eigenvalue weighted by Crippen LogP contribution is -2.17. The lowest BCUT2D eigenvalue weighted by atomic mass is 10.1. The molecule has 0 spiro atoms. The molecule has 0 aliphatic heterocycles. The molecule has 0 fully saturated rings. The molecule has 10 heteroatoms. The van der Waals surface area contributed by atoms with Crippen LogP contribution < -0.4 is 10.3 Å². The monoisotopic (exact) mass is 479 g/mol. The van der Waals surface area contributed by atoms with Gasteiger partial charge in [0.15, 0.2) is 0 Å². The second-order valence-corrected chi connectivity index (χ2v) is 8.12. The van der Waals surface area contributed by atoms with E-state index < -0.39 is 5.97 Å². The highest BCUT2D eigenvalue weighted by molar-refractivity contribution is 6.32. The van der Waals surface area contributed by atoms with Crippen LogP contribution >= 0.6 is 11.6 Å². The summed E-state index contributed by atoms with van der Waals surface area (Å²) in [4.78, 5) is 29.3. The van der Waals surface area contributed by atoms with Crippen molar-refractivity contribution in [3.05, 3.63) is 86.0 Å². The Morgan fingerprint density at radius 1 is 1.18 bits per heavy atom. The van der Waals surface area contributed by atoms with Crippen LogP contribution in [0.3, 0.4) is 0 Å². The Morgan fingerprint density at radius 3 is 2.59 bits per heavy atom. The largest absolute Gasteiger partial charge is 0.495 e. The van der Waals surface area contributed by atoms with Crippen LogP contribution in [0.25, 0.3) is 11.4 Å². The fraction of sp³-hybridized carbons (Fsp3) is 0.167. The zero-order valence-electron chi connectivity index (χ0n) is 19.0. The quantitative estimate of drug-likeness (QED) is 0.398. The van der Waals surface area contributed by atoms with Crippen LogP contribution in [0.1, 0.15) is 33.0 Å². The maximum atomic E-state index is 13.0. The molecule has 0 atom stereocenters. The summed E-state index contributed by atoms with van der Waals surface area (Å²) >= 11 is 6.08. The molecule has 34 heavy (non-hydrogen) atoms. The molecular weight excluding hydrogens is 458 g/mol. The minimum absolute atomic E-state index is 0.0531. The number of carboxylic acid groups (broad SMARTS) is 1. The van der Waals surface area contributed by atoms with E-state index >= 15 is 0 Å². The van der Waals surface area contributed by atoms with Gasteiger partial charge in [-0.05, 0) is 57.2 Å². The molecule has 0 bridgehead atoms. The van der Waals surface area contributed by atoms with Crippen LogP contribution in [0.15, 0.2) is 52.3 Å². The highest BCUT2D eigenvalue weighted by atomic mass is 35.5. The van der Waals surface area contributed by atoms with Crippen LogP contribution in [-0.2, 0) is 0 Å². The Hall–Kier alpha value is -4.11. The van der Waals surface area contributed by atoms with Gasteiger partial charge in [0, 0.05) is 23.7 Å². The molecule has 4 aromatic rings. The Labute approximate surface area is 199 Å². The Morgan fingerprint density at radius 2 is 1.94 bits per heavy atom. The number of aromatic amines is 1. The summed E-state index contributed by atoms with van der Waals surface area (Å²) in [6.07, 6.45) is 1.42. The molecule has 0 aliphatic carbocycles. The Kier molecular flexibility index (Phi) is 6.12. The van der Waals surface area contributed by atoms with Crippen LogP contribution in [0.4, 0.5) is 5.69 Å². The molecule has 9 nitrogen and oxygen atoms in total. The van der Waals surface area contributed by atoms with Gasteiger partial charge in [-0.1, -0.05) is 11.6 Å².